The van der Waals surface area contributed by atoms with Crippen LogP contribution in [0, 0.1) is 10.1 Å². The molecule has 1 aliphatic carbocycles. The second-order valence-electron chi connectivity index (χ2n) is 5.97. The summed E-state index contributed by atoms with van der Waals surface area (Å²) in [5.41, 5.74) is 2.02. The summed E-state index contributed by atoms with van der Waals surface area (Å²) in [6, 6.07) is 4.13. The number of nitrogens with one attached hydrogen (secondary N) is 2. The van der Waals surface area contributed by atoms with Crippen molar-refractivity contribution >= 4 is 27.9 Å². The minimum Gasteiger partial charge on any atom is -0.502 e. The van der Waals surface area contributed by atoms with Crippen molar-refractivity contribution in [3.05, 3.63) is 49.9 Å². The van der Waals surface area contributed by atoms with Crippen molar-refractivity contribution in [1.82, 2.24) is 5.32 Å². The lowest BCUT2D eigenvalue weighted by Gasteiger charge is -2.26. The number of nitrogens with zero attached hydrogens (tertiary/aromatic N) is 1. The number of aromatic hydroxyl groups is 1. The van der Waals surface area contributed by atoms with E-state index >= 15 is 0 Å². The first kappa shape index (κ1) is 14.9. The number of nitro benzene ring substituents is 1. The second kappa shape index (κ2) is 5.48. The summed E-state index contributed by atoms with van der Waals surface area (Å²) < 4.78 is 0. The van der Waals surface area contributed by atoms with E-state index in [1.54, 1.807) is 17.4 Å². The van der Waals surface area contributed by atoms with Crippen molar-refractivity contribution in [2.24, 2.45) is 0 Å². The third kappa shape index (κ3) is 2.30. The molecule has 7 nitrogen and oxygen atoms in total. The lowest BCUT2D eigenvalue weighted by atomic mass is 9.94. The molecule has 2 heterocycles. The summed E-state index contributed by atoms with van der Waals surface area (Å²) >= 11 is 1.60. The van der Waals surface area contributed by atoms with Crippen LogP contribution in [-0.2, 0) is 12.8 Å². The van der Waals surface area contributed by atoms with Crippen LogP contribution in [0.1, 0.15) is 45.4 Å². The molecule has 1 unspecified atom stereocenters. The molecule has 2 aliphatic rings. The van der Waals surface area contributed by atoms with Crippen molar-refractivity contribution in [2.45, 2.75) is 31.8 Å². The maximum atomic E-state index is 12.6. The number of carbonyl (C=O) groups is 1. The number of rotatable bonds is 2. The molecule has 1 aliphatic heterocycles. The van der Waals surface area contributed by atoms with Gasteiger partial charge in [0.1, 0.15) is 11.2 Å². The number of fused-ring (bicyclic) bond motifs is 3. The third-order valence-corrected chi connectivity index (χ3v) is 5.70. The molecule has 0 saturated heterocycles. The fourth-order valence-electron chi connectivity index (χ4n) is 3.31. The van der Waals surface area contributed by atoms with Crippen LogP contribution in [0.2, 0.25) is 0 Å². The Morgan fingerprint density at radius 1 is 1.25 bits per heavy atom. The molecule has 1 amide bonds. The number of phenolic OH excluding ortho intramolecular Hbond substituents is 1. The highest BCUT2D eigenvalue weighted by atomic mass is 32.1. The van der Waals surface area contributed by atoms with Crippen molar-refractivity contribution in [3.63, 3.8) is 0 Å². The van der Waals surface area contributed by atoms with E-state index in [4.69, 9.17) is 0 Å². The molecule has 24 heavy (non-hydrogen) atoms. The summed E-state index contributed by atoms with van der Waals surface area (Å²) in [6.45, 7) is 0. The largest absolute Gasteiger partial charge is 0.502 e. The van der Waals surface area contributed by atoms with Gasteiger partial charge in [0.25, 0.3) is 5.91 Å². The van der Waals surface area contributed by atoms with Gasteiger partial charge >= 0.3 is 5.69 Å². The number of aryl methyl sites for hydroxylation is 1. The Morgan fingerprint density at radius 2 is 2.04 bits per heavy atom. The fourth-order valence-corrected chi connectivity index (χ4v) is 4.63. The van der Waals surface area contributed by atoms with E-state index in [0.717, 1.165) is 41.8 Å². The minimum absolute atomic E-state index is 0.149. The van der Waals surface area contributed by atoms with Crippen LogP contribution in [0.4, 0.5) is 10.7 Å². The van der Waals surface area contributed by atoms with E-state index in [-0.39, 0.29) is 11.6 Å². The lowest BCUT2D eigenvalue weighted by Crippen LogP contribution is -2.38. The van der Waals surface area contributed by atoms with Gasteiger partial charge in [0.05, 0.1) is 10.5 Å². The zero-order valence-corrected chi connectivity index (χ0v) is 13.5. The van der Waals surface area contributed by atoms with Gasteiger partial charge in [-0.1, -0.05) is 6.07 Å². The van der Waals surface area contributed by atoms with E-state index in [9.17, 15) is 20.0 Å². The predicted molar refractivity (Wildman–Crippen MR) is 89.6 cm³/mol. The second-order valence-corrected chi connectivity index (χ2v) is 7.08. The fraction of sp³-hybridized carbons (Fsp3) is 0.312. The molecule has 124 valence electrons. The van der Waals surface area contributed by atoms with Crippen molar-refractivity contribution in [2.75, 3.05) is 5.32 Å². The van der Waals surface area contributed by atoms with Crippen LogP contribution < -0.4 is 10.6 Å². The highest BCUT2D eigenvalue weighted by molar-refractivity contribution is 7.16. The van der Waals surface area contributed by atoms with E-state index in [2.05, 4.69) is 10.6 Å². The maximum Gasteiger partial charge on any atom is 0.311 e. The summed E-state index contributed by atoms with van der Waals surface area (Å²) in [7, 11) is 0. The van der Waals surface area contributed by atoms with Gasteiger partial charge in [-0.15, -0.1) is 11.3 Å². The molecule has 4 rings (SSSR count). The number of thiophene rings is 1. The number of anilines is 1. The zero-order chi connectivity index (χ0) is 16.8. The summed E-state index contributed by atoms with van der Waals surface area (Å²) in [6.07, 6.45) is 3.60. The maximum absolute atomic E-state index is 12.6. The average molecular weight is 345 g/mol. The Hall–Kier alpha value is -2.61. The molecule has 1 aromatic heterocycles. The number of hydrogen-bond donors (Lipinski definition) is 3. The van der Waals surface area contributed by atoms with Crippen LogP contribution in [0.5, 0.6) is 5.75 Å². The first-order chi connectivity index (χ1) is 11.5. The van der Waals surface area contributed by atoms with E-state index in [0.29, 0.717) is 5.56 Å². The van der Waals surface area contributed by atoms with Crippen LogP contribution in [0.3, 0.4) is 0 Å². The Kier molecular flexibility index (Phi) is 3.42. The van der Waals surface area contributed by atoms with Gasteiger partial charge in [0.2, 0.25) is 0 Å². The van der Waals surface area contributed by atoms with Gasteiger partial charge in [-0.3, -0.25) is 14.9 Å². The summed E-state index contributed by atoms with van der Waals surface area (Å²) in [5.74, 6) is -0.540. The molecule has 2 aromatic rings. The third-order valence-electron chi connectivity index (χ3n) is 4.48. The molecular formula is C16H15N3O4S. The molecular weight excluding hydrogens is 330 g/mol. The Morgan fingerprint density at radius 3 is 2.83 bits per heavy atom. The summed E-state index contributed by atoms with van der Waals surface area (Å²) in [4.78, 5) is 24.2. The minimum atomic E-state index is -0.640. The standard InChI is InChI=1S/C16H15N3O4S/c20-11-6-5-8(7-10(11)19(22)23)14-17-15(21)13-9-3-1-2-4-12(9)24-16(13)18-14/h5-7,14,18,20H,1-4H2,(H,17,21). The molecule has 0 radical (unpaired) electrons. The zero-order valence-electron chi connectivity index (χ0n) is 12.7. The SMILES string of the molecule is O=C1NC(c2ccc(O)c([N+](=O)[O-])c2)Nc2sc3c(c21)CCCC3. The summed E-state index contributed by atoms with van der Waals surface area (Å²) in [5, 5.41) is 27.5. The molecule has 8 heteroatoms. The van der Waals surface area contributed by atoms with Crippen molar-refractivity contribution < 1.29 is 14.8 Å². The number of hydrogen-bond acceptors (Lipinski definition) is 6. The van der Waals surface area contributed by atoms with Gasteiger partial charge in [-0.05, 0) is 37.3 Å². The number of amides is 1. The predicted octanol–water partition coefficient (Wildman–Crippen LogP) is 3.09. The lowest BCUT2D eigenvalue weighted by molar-refractivity contribution is -0.385. The normalized spacial score (nSPS) is 19.0. The Bertz CT molecular complexity index is 861. The van der Waals surface area contributed by atoms with Crippen LogP contribution in [-0.4, -0.2) is 15.9 Å². The number of benzene rings is 1. The first-order valence-electron chi connectivity index (χ1n) is 7.74. The first-order valence-corrected chi connectivity index (χ1v) is 8.55. The van der Waals surface area contributed by atoms with E-state index in [1.165, 1.54) is 17.0 Å². The average Bonchev–Trinajstić information content (AvgIpc) is 2.93. The van der Waals surface area contributed by atoms with Crippen LogP contribution in [0.25, 0.3) is 0 Å². The van der Waals surface area contributed by atoms with E-state index < -0.39 is 16.8 Å². The molecule has 0 fully saturated rings. The molecule has 1 aromatic carbocycles. The van der Waals surface area contributed by atoms with Crippen LogP contribution >= 0.6 is 11.3 Å². The molecule has 0 spiro atoms. The monoisotopic (exact) mass is 345 g/mol. The highest BCUT2D eigenvalue weighted by Crippen LogP contribution is 2.42. The molecule has 3 N–H and O–H groups in total. The number of phenols is 1. The van der Waals surface area contributed by atoms with Crippen LogP contribution in [0.15, 0.2) is 18.2 Å². The van der Waals surface area contributed by atoms with Crippen molar-refractivity contribution in [1.29, 1.82) is 0 Å². The van der Waals surface area contributed by atoms with Gasteiger partial charge in [-0.2, -0.15) is 0 Å². The van der Waals surface area contributed by atoms with Gasteiger partial charge < -0.3 is 15.7 Å². The quantitative estimate of drug-likeness (QED) is 0.573. The molecule has 0 bridgehead atoms. The number of carbonyl (C=O) groups excluding carboxylic acids is 1. The Labute approximate surface area is 141 Å². The van der Waals surface area contributed by atoms with Gasteiger partial charge in [-0.25, -0.2) is 0 Å². The smallest absolute Gasteiger partial charge is 0.311 e. The Balaban J connectivity index is 1.71. The molecule has 1 atom stereocenters. The van der Waals surface area contributed by atoms with Gasteiger partial charge in [0.15, 0.2) is 5.75 Å². The topological polar surface area (TPSA) is 104 Å². The number of nitro groups is 1. The van der Waals surface area contributed by atoms with E-state index in [1.807, 2.05) is 0 Å². The van der Waals surface area contributed by atoms with Crippen molar-refractivity contribution in [3.8, 4) is 5.75 Å². The highest BCUT2D eigenvalue weighted by Gasteiger charge is 2.32. The van der Waals surface area contributed by atoms with Gasteiger partial charge in [0, 0.05) is 16.5 Å². The molecule has 0 saturated carbocycles.